The third kappa shape index (κ3) is 1.55. The van der Waals surface area contributed by atoms with Crippen molar-refractivity contribution in [3.05, 3.63) is 0 Å². The highest BCUT2D eigenvalue weighted by molar-refractivity contribution is 7.93. The van der Waals surface area contributed by atoms with Crippen molar-refractivity contribution in [2.24, 2.45) is 5.41 Å². The number of sulfone groups is 1. The smallest absolute Gasteiger partial charge is 0.323 e. The molecule has 1 aliphatic carbocycles. The molecule has 5 nitrogen and oxygen atoms in total. The number of carboxylic acids is 1. The molecule has 2 aliphatic rings. The van der Waals surface area contributed by atoms with E-state index in [0.29, 0.717) is 6.42 Å². The third-order valence-corrected chi connectivity index (χ3v) is 6.42. The summed E-state index contributed by atoms with van der Waals surface area (Å²) in [5.41, 5.74) is -0.0682. The summed E-state index contributed by atoms with van der Waals surface area (Å²) in [4.78, 5) is 10.9. The van der Waals surface area contributed by atoms with Crippen LogP contribution in [0.4, 0.5) is 0 Å². The van der Waals surface area contributed by atoms with Gasteiger partial charge in [0.1, 0.15) is 0 Å². The number of hydrogen-bond donors (Lipinski definition) is 2. The second-order valence-electron chi connectivity index (χ2n) is 5.37. The normalized spacial score (nSPS) is 40.2. The Morgan fingerprint density at radius 1 is 1.44 bits per heavy atom. The van der Waals surface area contributed by atoms with Gasteiger partial charge in [-0.3, -0.25) is 4.79 Å². The maximum Gasteiger partial charge on any atom is 0.323 e. The molecule has 6 heteroatoms. The number of carbonyl (C=O) groups is 1. The van der Waals surface area contributed by atoms with Gasteiger partial charge in [-0.1, -0.05) is 13.8 Å². The lowest BCUT2D eigenvalue weighted by molar-refractivity contribution is -0.136. The Morgan fingerprint density at radius 2 is 2.06 bits per heavy atom. The highest BCUT2D eigenvalue weighted by Gasteiger charge is 2.54. The largest absolute Gasteiger partial charge is 0.480 e. The van der Waals surface area contributed by atoms with Gasteiger partial charge in [0.15, 0.2) is 15.1 Å². The molecule has 16 heavy (non-hydrogen) atoms. The molecule has 2 fully saturated rings. The Morgan fingerprint density at radius 3 is 2.62 bits per heavy atom. The lowest BCUT2D eigenvalue weighted by Crippen LogP contribution is -2.60. The fraction of sp³-hybridized carbons (Fsp3) is 0.900. The van der Waals surface area contributed by atoms with Gasteiger partial charge < -0.3 is 10.4 Å². The summed E-state index contributed by atoms with van der Waals surface area (Å²) in [6.07, 6.45) is 1.39. The molecule has 2 rings (SSSR count). The molecule has 92 valence electrons. The second-order valence-corrected chi connectivity index (χ2v) is 7.72. The van der Waals surface area contributed by atoms with Crippen LogP contribution in [0.15, 0.2) is 0 Å². The molecule has 1 aliphatic heterocycles. The van der Waals surface area contributed by atoms with Crippen LogP contribution in [-0.2, 0) is 14.6 Å². The Bertz CT molecular complexity index is 415. The predicted octanol–water partition coefficient (Wildman–Crippen LogP) is 0.0148. The fourth-order valence-corrected chi connectivity index (χ4v) is 5.21. The van der Waals surface area contributed by atoms with E-state index in [1.807, 2.05) is 13.8 Å². The van der Waals surface area contributed by atoms with Crippen molar-refractivity contribution in [3.63, 3.8) is 0 Å². The zero-order valence-corrected chi connectivity index (χ0v) is 10.3. The molecule has 0 aromatic heterocycles. The Labute approximate surface area is 95.1 Å². The minimum absolute atomic E-state index is 0.0300. The summed E-state index contributed by atoms with van der Waals surface area (Å²) in [6, 6.07) is -0.104. The van der Waals surface area contributed by atoms with Gasteiger partial charge in [-0.2, -0.15) is 0 Å². The fourth-order valence-electron chi connectivity index (χ4n) is 2.89. The maximum atomic E-state index is 12.1. The molecule has 1 saturated heterocycles. The highest BCUT2D eigenvalue weighted by atomic mass is 32.2. The quantitative estimate of drug-likeness (QED) is 0.682. The van der Waals surface area contributed by atoms with E-state index in [-0.39, 0.29) is 18.0 Å². The van der Waals surface area contributed by atoms with Crippen LogP contribution in [0, 0.1) is 5.41 Å². The van der Waals surface area contributed by atoms with Crippen molar-refractivity contribution in [2.45, 2.75) is 43.2 Å². The van der Waals surface area contributed by atoms with Gasteiger partial charge >= 0.3 is 5.97 Å². The van der Waals surface area contributed by atoms with Crippen LogP contribution in [0.1, 0.15) is 26.7 Å². The van der Waals surface area contributed by atoms with Crippen molar-refractivity contribution in [1.29, 1.82) is 0 Å². The SMILES string of the molecule is CC1(C)CCC2C1NCC(C(=O)O)S2(=O)=O. The van der Waals surface area contributed by atoms with Crippen molar-refractivity contribution < 1.29 is 18.3 Å². The molecule has 3 unspecified atom stereocenters. The van der Waals surface area contributed by atoms with Crippen molar-refractivity contribution in [2.75, 3.05) is 6.54 Å². The first-order chi connectivity index (χ1) is 7.27. The number of carboxylic acid groups (broad SMARTS) is 1. The molecule has 3 atom stereocenters. The summed E-state index contributed by atoms with van der Waals surface area (Å²) in [7, 11) is -3.53. The van der Waals surface area contributed by atoms with E-state index >= 15 is 0 Å². The minimum Gasteiger partial charge on any atom is -0.480 e. The average Bonchev–Trinajstić information content (AvgIpc) is 2.42. The van der Waals surface area contributed by atoms with Crippen LogP contribution in [-0.4, -0.2) is 42.6 Å². The molecule has 1 heterocycles. The van der Waals surface area contributed by atoms with Gasteiger partial charge in [0.25, 0.3) is 0 Å². The first kappa shape index (κ1) is 11.9. The summed E-state index contributed by atoms with van der Waals surface area (Å²) in [5, 5.41) is 10.2. The number of fused-ring (bicyclic) bond motifs is 1. The van der Waals surface area contributed by atoms with Gasteiger partial charge in [0, 0.05) is 12.6 Å². The van der Waals surface area contributed by atoms with E-state index in [2.05, 4.69) is 5.32 Å². The molecular formula is C10H17NO4S. The Kier molecular flexibility index (Phi) is 2.54. The van der Waals surface area contributed by atoms with Crippen molar-refractivity contribution in [3.8, 4) is 0 Å². The standard InChI is InChI=1S/C10H17NO4S/c1-10(2)4-3-6-8(10)11-5-7(9(12)13)16(6,14)15/h6-8,11H,3-5H2,1-2H3,(H,12,13). The number of nitrogens with one attached hydrogen (secondary N) is 1. The van der Waals surface area contributed by atoms with Gasteiger partial charge in [0.05, 0.1) is 5.25 Å². The van der Waals surface area contributed by atoms with E-state index < -0.39 is 26.3 Å². The summed E-state index contributed by atoms with van der Waals surface area (Å²) in [5.74, 6) is -1.24. The van der Waals surface area contributed by atoms with Crippen LogP contribution >= 0.6 is 0 Å². The van der Waals surface area contributed by atoms with E-state index in [9.17, 15) is 13.2 Å². The molecule has 1 saturated carbocycles. The van der Waals surface area contributed by atoms with E-state index in [4.69, 9.17) is 5.11 Å². The molecule has 0 aromatic rings. The number of rotatable bonds is 1. The maximum absolute atomic E-state index is 12.1. The van der Waals surface area contributed by atoms with Gasteiger partial charge in [-0.05, 0) is 18.3 Å². The topological polar surface area (TPSA) is 83.5 Å². The molecule has 0 amide bonds. The minimum atomic E-state index is -3.53. The zero-order chi connectivity index (χ0) is 12.1. The van der Waals surface area contributed by atoms with E-state index in [0.717, 1.165) is 6.42 Å². The van der Waals surface area contributed by atoms with Crippen LogP contribution in [0.5, 0.6) is 0 Å². The number of hydrogen-bond acceptors (Lipinski definition) is 4. The van der Waals surface area contributed by atoms with Crippen LogP contribution < -0.4 is 5.32 Å². The molecule has 0 radical (unpaired) electrons. The Hall–Kier alpha value is -0.620. The van der Waals surface area contributed by atoms with Crippen LogP contribution in [0.2, 0.25) is 0 Å². The van der Waals surface area contributed by atoms with Gasteiger partial charge in [-0.25, -0.2) is 8.42 Å². The highest BCUT2D eigenvalue weighted by Crippen LogP contribution is 2.43. The van der Waals surface area contributed by atoms with Crippen molar-refractivity contribution in [1.82, 2.24) is 5.32 Å². The molecule has 2 N–H and O–H groups in total. The van der Waals surface area contributed by atoms with Crippen LogP contribution in [0.25, 0.3) is 0 Å². The molecule has 0 bridgehead atoms. The Balaban J connectivity index is 2.35. The first-order valence-electron chi connectivity index (χ1n) is 5.46. The van der Waals surface area contributed by atoms with E-state index in [1.54, 1.807) is 0 Å². The van der Waals surface area contributed by atoms with Crippen LogP contribution in [0.3, 0.4) is 0 Å². The first-order valence-corrected chi connectivity index (χ1v) is 7.06. The average molecular weight is 247 g/mol. The van der Waals surface area contributed by atoms with E-state index in [1.165, 1.54) is 0 Å². The third-order valence-electron chi connectivity index (χ3n) is 3.90. The summed E-state index contributed by atoms with van der Waals surface area (Å²) < 4.78 is 24.2. The lowest BCUT2D eigenvalue weighted by atomic mass is 9.87. The molecule has 0 aromatic carbocycles. The molecular weight excluding hydrogens is 230 g/mol. The number of aliphatic carboxylic acids is 1. The summed E-state index contributed by atoms with van der Waals surface area (Å²) >= 11 is 0. The van der Waals surface area contributed by atoms with Crippen molar-refractivity contribution >= 4 is 15.8 Å². The predicted molar refractivity (Wildman–Crippen MR) is 58.9 cm³/mol. The zero-order valence-electron chi connectivity index (χ0n) is 9.43. The summed E-state index contributed by atoms with van der Waals surface area (Å²) in [6.45, 7) is 4.09. The molecule has 0 spiro atoms. The lowest BCUT2D eigenvalue weighted by Gasteiger charge is -2.37. The second kappa shape index (κ2) is 3.43. The van der Waals surface area contributed by atoms with Gasteiger partial charge in [0.2, 0.25) is 0 Å². The van der Waals surface area contributed by atoms with Gasteiger partial charge in [-0.15, -0.1) is 0 Å². The monoisotopic (exact) mass is 247 g/mol.